The van der Waals surface area contributed by atoms with E-state index < -0.39 is 5.97 Å². The number of oxime groups is 1. The van der Waals surface area contributed by atoms with E-state index in [0.29, 0.717) is 47.3 Å². The standard InChI is InChI=1S/C19H25ClN6O5S/c1-5-10-15(20)24-16(21-10)17(27)22-11-6-7-26(8-12(11)30-3)19-23-13(18(28)29)14(32-19)9(2)25-31-4/h11-12H,5-8H2,1-4H3,(H,21,24)(H,22,27)(H,28,29)/t11-,12+/m1/s1. The third kappa shape index (κ3) is 5.03. The predicted octanol–water partition coefficient (Wildman–Crippen LogP) is 2.17. The van der Waals surface area contributed by atoms with Crippen molar-refractivity contribution in [2.75, 3.05) is 32.2 Å². The summed E-state index contributed by atoms with van der Waals surface area (Å²) in [6.07, 6.45) is 0.876. The zero-order chi connectivity index (χ0) is 23.4. The number of carbonyl (C=O) groups is 2. The number of thiazole rings is 1. The molecule has 0 radical (unpaired) electrons. The third-order valence-corrected chi connectivity index (χ3v) is 6.66. The molecule has 13 heteroatoms. The maximum absolute atomic E-state index is 12.6. The molecule has 3 rings (SSSR count). The van der Waals surface area contributed by atoms with Crippen molar-refractivity contribution in [2.24, 2.45) is 5.16 Å². The van der Waals surface area contributed by atoms with Gasteiger partial charge in [0.2, 0.25) is 0 Å². The van der Waals surface area contributed by atoms with Gasteiger partial charge in [0, 0.05) is 20.2 Å². The van der Waals surface area contributed by atoms with E-state index in [2.05, 4.69) is 25.4 Å². The van der Waals surface area contributed by atoms with Gasteiger partial charge in [-0.25, -0.2) is 14.8 Å². The second-order valence-electron chi connectivity index (χ2n) is 7.14. The van der Waals surface area contributed by atoms with Crippen molar-refractivity contribution in [3.8, 4) is 0 Å². The van der Waals surface area contributed by atoms with Gasteiger partial charge in [-0.1, -0.05) is 35.0 Å². The van der Waals surface area contributed by atoms with Crippen LogP contribution in [0, 0.1) is 0 Å². The number of amides is 1. The fraction of sp³-hybridized carbons (Fsp3) is 0.526. The van der Waals surface area contributed by atoms with Gasteiger partial charge in [0.15, 0.2) is 21.8 Å². The number of piperidine rings is 1. The number of aromatic nitrogens is 3. The number of carbonyl (C=O) groups excluding carboxylic acids is 1. The summed E-state index contributed by atoms with van der Waals surface area (Å²) in [6, 6.07) is -0.257. The molecule has 11 nitrogen and oxygen atoms in total. The first-order chi connectivity index (χ1) is 15.3. The Morgan fingerprint density at radius 1 is 1.41 bits per heavy atom. The Morgan fingerprint density at radius 3 is 2.75 bits per heavy atom. The summed E-state index contributed by atoms with van der Waals surface area (Å²) in [7, 11) is 2.96. The molecule has 0 unspecified atom stereocenters. The summed E-state index contributed by atoms with van der Waals surface area (Å²) in [5, 5.41) is 17.1. The van der Waals surface area contributed by atoms with E-state index in [-0.39, 0.29) is 34.7 Å². The Labute approximate surface area is 193 Å². The van der Waals surface area contributed by atoms with Gasteiger partial charge in [-0.2, -0.15) is 0 Å². The molecular weight excluding hydrogens is 460 g/mol. The number of nitrogens with one attached hydrogen (secondary N) is 2. The molecule has 174 valence electrons. The number of nitrogens with zero attached hydrogens (tertiary/aromatic N) is 4. The van der Waals surface area contributed by atoms with E-state index in [1.807, 2.05) is 11.8 Å². The number of methoxy groups -OCH3 is 1. The van der Waals surface area contributed by atoms with E-state index in [0.717, 1.165) is 0 Å². The van der Waals surface area contributed by atoms with Crippen LogP contribution in [0.25, 0.3) is 0 Å². The molecule has 0 aliphatic carbocycles. The minimum atomic E-state index is -1.14. The van der Waals surface area contributed by atoms with Crippen LogP contribution < -0.4 is 10.2 Å². The Kier molecular flexibility index (Phi) is 7.69. The van der Waals surface area contributed by atoms with Crippen LogP contribution in [0.15, 0.2) is 5.16 Å². The predicted molar refractivity (Wildman–Crippen MR) is 120 cm³/mol. The number of ether oxygens (including phenoxy) is 1. The molecule has 1 aliphatic rings. The number of halogens is 1. The van der Waals surface area contributed by atoms with Gasteiger partial charge in [-0.15, -0.1) is 0 Å². The SMILES string of the molecule is CCc1[nH]c(C(=O)N[C@@H]2CCN(c3nc(C(=O)O)c(C(C)=NOC)s3)C[C@@H]2OC)nc1Cl. The number of carboxylic acid groups (broad SMARTS) is 1. The van der Waals surface area contributed by atoms with Gasteiger partial charge >= 0.3 is 5.97 Å². The number of aryl methyl sites for hydroxylation is 1. The van der Waals surface area contributed by atoms with Crippen LogP contribution in [0.4, 0.5) is 5.13 Å². The number of rotatable bonds is 8. The molecule has 0 saturated carbocycles. The number of hydrogen-bond acceptors (Lipinski definition) is 9. The molecule has 1 aliphatic heterocycles. The summed E-state index contributed by atoms with van der Waals surface area (Å²) in [4.78, 5) is 42.7. The number of hydrogen-bond donors (Lipinski definition) is 3. The van der Waals surface area contributed by atoms with Crippen molar-refractivity contribution in [2.45, 2.75) is 38.8 Å². The van der Waals surface area contributed by atoms with Gasteiger partial charge < -0.3 is 29.9 Å². The fourth-order valence-electron chi connectivity index (χ4n) is 3.47. The molecule has 1 amide bonds. The summed E-state index contributed by atoms with van der Waals surface area (Å²) in [5.74, 6) is -1.34. The van der Waals surface area contributed by atoms with Crippen LogP contribution in [0.2, 0.25) is 5.15 Å². The number of carboxylic acids is 1. The Hall–Kier alpha value is -2.70. The molecule has 1 fully saturated rings. The third-order valence-electron chi connectivity index (χ3n) is 5.12. The molecule has 0 aromatic carbocycles. The molecular formula is C19H25ClN6O5S. The minimum Gasteiger partial charge on any atom is -0.476 e. The van der Waals surface area contributed by atoms with Crippen LogP contribution in [0.3, 0.4) is 0 Å². The molecule has 32 heavy (non-hydrogen) atoms. The number of aromatic amines is 1. The minimum absolute atomic E-state index is 0.0749. The van der Waals surface area contributed by atoms with Gasteiger partial charge in [-0.3, -0.25) is 4.79 Å². The summed E-state index contributed by atoms with van der Waals surface area (Å²) < 4.78 is 5.62. The van der Waals surface area contributed by atoms with Crippen molar-refractivity contribution < 1.29 is 24.3 Å². The first kappa shape index (κ1) is 24.0. The van der Waals surface area contributed by atoms with E-state index >= 15 is 0 Å². The maximum atomic E-state index is 12.6. The van der Waals surface area contributed by atoms with Crippen molar-refractivity contribution >= 4 is 45.7 Å². The Balaban J connectivity index is 1.74. The first-order valence-corrected chi connectivity index (χ1v) is 11.1. The molecule has 1 saturated heterocycles. The van der Waals surface area contributed by atoms with Gasteiger partial charge in [0.1, 0.15) is 7.11 Å². The summed E-state index contributed by atoms with van der Waals surface area (Å²) in [5.41, 5.74) is 1.06. The van der Waals surface area contributed by atoms with Crippen molar-refractivity contribution in [3.63, 3.8) is 0 Å². The van der Waals surface area contributed by atoms with Crippen LogP contribution >= 0.6 is 22.9 Å². The van der Waals surface area contributed by atoms with Crippen molar-refractivity contribution in [1.29, 1.82) is 0 Å². The van der Waals surface area contributed by atoms with Crippen LogP contribution in [0.1, 0.15) is 51.9 Å². The molecule has 0 spiro atoms. The molecule has 0 bridgehead atoms. The highest BCUT2D eigenvalue weighted by Crippen LogP contribution is 2.30. The zero-order valence-corrected chi connectivity index (χ0v) is 19.7. The number of imidazole rings is 1. The maximum Gasteiger partial charge on any atom is 0.356 e. The average molecular weight is 485 g/mol. The highest BCUT2D eigenvalue weighted by Gasteiger charge is 2.33. The van der Waals surface area contributed by atoms with E-state index in [9.17, 15) is 14.7 Å². The topological polar surface area (TPSA) is 142 Å². The van der Waals surface area contributed by atoms with Crippen LogP contribution in [-0.2, 0) is 16.0 Å². The van der Waals surface area contributed by atoms with Crippen LogP contribution in [0.5, 0.6) is 0 Å². The lowest BCUT2D eigenvalue weighted by molar-refractivity contribution is 0.0538. The van der Waals surface area contributed by atoms with Gasteiger partial charge in [0.25, 0.3) is 5.91 Å². The largest absolute Gasteiger partial charge is 0.476 e. The molecule has 2 aromatic heterocycles. The monoisotopic (exact) mass is 484 g/mol. The smallest absolute Gasteiger partial charge is 0.356 e. The lowest BCUT2D eigenvalue weighted by Gasteiger charge is -2.37. The molecule has 2 atom stereocenters. The highest BCUT2D eigenvalue weighted by molar-refractivity contribution is 7.17. The first-order valence-electron chi connectivity index (χ1n) is 9.94. The molecule has 3 N–H and O–H groups in total. The van der Waals surface area contributed by atoms with Crippen LogP contribution in [-0.4, -0.2) is 77.1 Å². The quantitative estimate of drug-likeness (QED) is 0.382. The van der Waals surface area contributed by atoms with Gasteiger partial charge in [-0.05, 0) is 19.8 Å². The van der Waals surface area contributed by atoms with Crippen molar-refractivity contribution in [1.82, 2.24) is 20.3 Å². The molecule has 2 aromatic rings. The lowest BCUT2D eigenvalue weighted by Crippen LogP contribution is -2.55. The second-order valence-corrected chi connectivity index (χ2v) is 8.47. The Bertz CT molecular complexity index is 1020. The summed E-state index contributed by atoms with van der Waals surface area (Å²) in [6.45, 7) is 4.56. The zero-order valence-electron chi connectivity index (χ0n) is 18.1. The second kappa shape index (κ2) is 10.3. The van der Waals surface area contributed by atoms with E-state index in [1.165, 1.54) is 18.4 Å². The van der Waals surface area contributed by atoms with Crippen molar-refractivity contribution in [3.05, 3.63) is 27.2 Å². The fourth-order valence-corrected chi connectivity index (χ4v) is 4.77. The Morgan fingerprint density at radius 2 is 2.16 bits per heavy atom. The lowest BCUT2D eigenvalue weighted by atomic mass is 10.0. The van der Waals surface area contributed by atoms with Gasteiger partial charge in [0.05, 0.1) is 28.4 Å². The number of anilines is 1. The summed E-state index contributed by atoms with van der Waals surface area (Å²) >= 11 is 7.26. The van der Waals surface area contributed by atoms with E-state index in [1.54, 1.807) is 14.0 Å². The van der Waals surface area contributed by atoms with E-state index in [4.69, 9.17) is 21.2 Å². The number of H-pyrrole nitrogens is 1. The number of aromatic carboxylic acids is 1. The average Bonchev–Trinajstić information content (AvgIpc) is 3.38. The highest BCUT2D eigenvalue weighted by atomic mass is 35.5. The normalized spacial score (nSPS) is 19.2. The molecule has 3 heterocycles.